The average Bonchev–Trinajstić information content (AvgIpc) is 3.72. The molecule has 3 nitrogen and oxygen atoms in total. The Morgan fingerprint density at radius 1 is 0.492 bits per heavy atom. The molecule has 0 saturated heterocycles. The fourth-order valence-electron chi connectivity index (χ4n) is 11.4. The zero-order valence-electron chi connectivity index (χ0n) is 35.5. The molecule has 1 aromatic heterocycles. The summed E-state index contributed by atoms with van der Waals surface area (Å²) in [4.78, 5) is 5.19. The van der Waals surface area contributed by atoms with Gasteiger partial charge in [0, 0.05) is 33.6 Å². The van der Waals surface area contributed by atoms with Gasteiger partial charge in [0.1, 0.15) is 11.2 Å². The number of fused-ring (bicyclic) bond motifs is 10. The highest BCUT2D eigenvalue weighted by molar-refractivity contribution is 6.93. The fourth-order valence-corrected chi connectivity index (χ4v) is 11.4. The van der Waals surface area contributed by atoms with Gasteiger partial charge in [0.25, 0.3) is 0 Å². The van der Waals surface area contributed by atoms with Crippen molar-refractivity contribution in [1.29, 1.82) is 0 Å². The number of benzene rings is 9. The van der Waals surface area contributed by atoms with E-state index in [1.54, 1.807) is 0 Å². The smallest absolute Gasteiger partial charge is 0.375 e. The third kappa shape index (κ3) is 4.92. The number of rotatable bonds is 4. The van der Waals surface area contributed by atoms with Crippen molar-refractivity contribution < 1.29 is 4.42 Å². The van der Waals surface area contributed by atoms with Crippen molar-refractivity contribution in [2.24, 2.45) is 0 Å². The third-order valence-electron chi connectivity index (χ3n) is 14.0. The number of anilines is 5. The number of nitrogens with zero attached hydrogens (tertiary/aromatic N) is 2. The lowest BCUT2D eigenvalue weighted by Gasteiger charge is -2.52. The Bertz CT molecular complexity index is 3420. The zero-order chi connectivity index (χ0) is 42.0. The topological polar surface area (TPSA) is 19.6 Å². The van der Waals surface area contributed by atoms with Crippen LogP contribution in [0.25, 0.3) is 44.0 Å². The van der Waals surface area contributed by atoms with Crippen LogP contribution in [-0.2, 0) is 10.8 Å². The summed E-state index contributed by atoms with van der Waals surface area (Å²) in [6.45, 7) is 6.63. The van der Waals surface area contributed by atoms with Crippen molar-refractivity contribution in [2.75, 3.05) is 9.71 Å². The number of hydrogen-bond acceptors (Lipinski definition) is 3. The molecule has 0 fully saturated rings. The minimum absolute atomic E-state index is 0.0392. The molecule has 4 heterocycles. The highest BCUT2D eigenvalue weighted by Gasteiger charge is 2.55. The summed E-state index contributed by atoms with van der Waals surface area (Å²) in [5.41, 5.74) is 19.4. The quantitative estimate of drug-likeness (QED) is 0.165. The summed E-state index contributed by atoms with van der Waals surface area (Å²) >= 11 is 0. The van der Waals surface area contributed by atoms with E-state index in [4.69, 9.17) is 4.42 Å². The molecule has 4 heteroatoms. The van der Waals surface area contributed by atoms with Crippen LogP contribution in [0.2, 0.25) is 0 Å². The first kappa shape index (κ1) is 36.1. The molecular formula is C59H43BN2O. The molecule has 0 unspecified atom stereocenters. The molecule has 63 heavy (non-hydrogen) atoms. The lowest BCUT2D eigenvalue weighted by Crippen LogP contribution is -2.63. The Labute approximate surface area is 368 Å². The molecule has 10 aromatic rings. The first-order valence-electron chi connectivity index (χ1n) is 22.1. The number of hydrogen-bond donors (Lipinski definition) is 0. The molecule has 0 saturated carbocycles. The van der Waals surface area contributed by atoms with E-state index in [2.05, 4.69) is 237 Å². The van der Waals surface area contributed by atoms with Crippen LogP contribution in [0, 0.1) is 0 Å². The van der Waals surface area contributed by atoms with Crippen LogP contribution in [0.5, 0.6) is 0 Å². The molecule has 0 radical (unpaired) electrons. The van der Waals surface area contributed by atoms with Crippen LogP contribution < -0.4 is 20.8 Å². The molecule has 0 amide bonds. The van der Waals surface area contributed by atoms with Gasteiger partial charge < -0.3 is 14.1 Å². The summed E-state index contributed by atoms with van der Waals surface area (Å²) in [7, 11) is 0. The van der Waals surface area contributed by atoms with Gasteiger partial charge in [-0.15, -0.1) is 0 Å². The predicted molar refractivity (Wildman–Crippen MR) is 263 cm³/mol. The molecule has 3 aliphatic heterocycles. The maximum Gasteiger partial charge on any atom is 0.375 e. The Morgan fingerprint density at radius 2 is 1.13 bits per heavy atom. The van der Waals surface area contributed by atoms with Gasteiger partial charge in [-0.05, 0) is 97.0 Å². The third-order valence-corrected chi connectivity index (χ3v) is 14.0. The fraction of sp³-hybridized carbons (Fsp3) is 0.0847. The summed E-state index contributed by atoms with van der Waals surface area (Å²) in [5, 5.41) is 3.54. The maximum atomic E-state index is 7.39. The molecule has 13 rings (SSSR count). The normalized spacial score (nSPS) is 14.3. The highest BCUT2D eigenvalue weighted by Crippen LogP contribution is 2.61. The minimum Gasteiger partial charge on any atom is -0.466 e. The Hall–Kier alpha value is -7.56. The van der Waals surface area contributed by atoms with E-state index in [1.807, 2.05) is 0 Å². The van der Waals surface area contributed by atoms with Crippen molar-refractivity contribution >= 4 is 68.1 Å². The van der Waals surface area contributed by atoms with Crippen molar-refractivity contribution in [3.05, 3.63) is 234 Å². The van der Waals surface area contributed by atoms with Gasteiger partial charge in [-0.2, -0.15) is 0 Å². The van der Waals surface area contributed by atoms with E-state index in [0.29, 0.717) is 0 Å². The van der Waals surface area contributed by atoms with E-state index in [9.17, 15) is 0 Å². The van der Waals surface area contributed by atoms with Gasteiger partial charge in [-0.3, -0.25) is 0 Å². The van der Waals surface area contributed by atoms with Crippen molar-refractivity contribution in [3.63, 3.8) is 0 Å². The highest BCUT2D eigenvalue weighted by atomic mass is 16.3. The summed E-state index contributed by atoms with van der Waals surface area (Å²) in [6, 6.07) is 76.5. The van der Waals surface area contributed by atoms with Gasteiger partial charge in [0.2, 0.25) is 0 Å². The van der Waals surface area contributed by atoms with Crippen LogP contribution in [0.1, 0.15) is 48.6 Å². The predicted octanol–water partition coefficient (Wildman–Crippen LogP) is 14.0. The number of para-hydroxylation sites is 3. The molecule has 0 spiro atoms. The van der Waals surface area contributed by atoms with E-state index >= 15 is 0 Å². The zero-order valence-corrected chi connectivity index (χ0v) is 35.5. The molecule has 0 atom stereocenters. The first-order chi connectivity index (χ1) is 30.9. The van der Waals surface area contributed by atoms with Gasteiger partial charge in [-0.1, -0.05) is 191 Å². The Kier molecular flexibility index (Phi) is 7.58. The second-order valence-corrected chi connectivity index (χ2v) is 18.4. The van der Waals surface area contributed by atoms with Crippen molar-refractivity contribution in [3.8, 4) is 22.3 Å². The van der Waals surface area contributed by atoms with E-state index < -0.39 is 5.41 Å². The van der Waals surface area contributed by atoms with Crippen LogP contribution >= 0.6 is 0 Å². The Balaban J connectivity index is 1.21. The summed E-state index contributed by atoms with van der Waals surface area (Å²) in [5.74, 6) is 0. The maximum absolute atomic E-state index is 7.39. The SMILES string of the molecule is CC(C)(C)c1ccc(N2c3cc4ccccc4c4c3B(c3oc5ccccc5c32)N2c3ccccc3C(c3ccccc3)(c3ccccc3)c3cccc-4c32)c(-c2ccccc2)c1. The Morgan fingerprint density at radius 3 is 1.87 bits per heavy atom. The molecular weight excluding hydrogens is 763 g/mol. The summed E-state index contributed by atoms with van der Waals surface area (Å²) in [6.07, 6.45) is 0. The second-order valence-electron chi connectivity index (χ2n) is 18.4. The van der Waals surface area contributed by atoms with Gasteiger partial charge >= 0.3 is 6.85 Å². The minimum atomic E-state index is -0.595. The summed E-state index contributed by atoms with van der Waals surface area (Å²) < 4.78 is 7.39. The molecule has 0 bridgehead atoms. The average molecular weight is 807 g/mol. The standard InChI is InChI=1S/C59H43BN2O/c1-58(2,3)42-34-35-49(46(37-42)38-20-7-4-8-21-38)61-51-36-39-22-13-14-27-43(39)53-45-29-19-31-48-55(45)62(60(54(51)53)57-56(61)44-28-15-18-33-52(44)63-57)50-32-17-16-30-47(50)59(48,40-23-9-5-10-24-40)41-25-11-6-12-26-41/h4-37H,1-3H3. The lowest BCUT2D eigenvalue weighted by atomic mass is 9.44. The first-order valence-corrected chi connectivity index (χ1v) is 22.1. The van der Waals surface area contributed by atoms with E-state index in [1.165, 1.54) is 83.4 Å². The van der Waals surface area contributed by atoms with E-state index in [0.717, 1.165) is 28.0 Å². The molecule has 0 N–H and O–H groups in total. The second kappa shape index (κ2) is 13.2. The van der Waals surface area contributed by atoms with Crippen LogP contribution in [0.4, 0.5) is 28.4 Å². The van der Waals surface area contributed by atoms with Crippen LogP contribution in [0.15, 0.2) is 211 Å². The lowest BCUT2D eigenvalue weighted by molar-refractivity contribution is 0.590. The van der Waals surface area contributed by atoms with Crippen molar-refractivity contribution in [2.45, 2.75) is 31.6 Å². The molecule has 3 aliphatic rings. The number of furan rings is 1. The van der Waals surface area contributed by atoms with Gasteiger partial charge in [0.05, 0.1) is 16.8 Å². The van der Waals surface area contributed by atoms with Gasteiger partial charge in [-0.25, -0.2) is 0 Å². The van der Waals surface area contributed by atoms with Crippen LogP contribution in [-0.4, -0.2) is 6.85 Å². The molecule has 0 aliphatic carbocycles. The monoisotopic (exact) mass is 806 g/mol. The van der Waals surface area contributed by atoms with Crippen molar-refractivity contribution in [1.82, 2.24) is 0 Å². The van der Waals surface area contributed by atoms with Crippen LogP contribution in [0.3, 0.4) is 0 Å². The molecule has 298 valence electrons. The largest absolute Gasteiger partial charge is 0.466 e. The van der Waals surface area contributed by atoms with E-state index in [-0.39, 0.29) is 12.3 Å². The van der Waals surface area contributed by atoms with Gasteiger partial charge in [0.15, 0.2) is 0 Å². The molecule has 9 aromatic carbocycles.